The summed E-state index contributed by atoms with van der Waals surface area (Å²) in [5, 5.41) is 8.39. The van der Waals surface area contributed by atoms with Gasteiger partial charge in [0.1, 0.15) is 0 Å². The normalized spacial score (nSPS) is 22.7. The van der Waals surface area contributed by atoms with E-state index in [0.717, 1.165) is 13.1 Å². The summed E-state index contributed by atoms with van der Waals surface area (Å²) in [6.45, 7) is 7.19. The van der Waals surface area contributed by atoms with E-state index in [2.05, 4.69) is 18.7 Å². The Bertz CT molecular complexity index is 157. The number of carboxylic acids is 1. The van der Waals surface area contributed by atoms with Crippen LogP contribution in [0.1, 0.15) is 20.3 Å². The van der Waals surface area contributed by atoms with Crippen molar-refractivity contribution >= 4 is 5.97 Å². The maximum Gasteiger partial charge on any atom is 0.304 e. The molecular formula is C8H15NO2. The Kier molecular flexibility index (Phi) is 2.18. The molecule has 0 saturated carbocycles. The van der Waals surface area contributed by atoms with Gasteiger partial charge < -0.3 is 10.0 Å². The van der Waals surface area contributed by atoms with Crippen LogP contribution in [0.3, 0.4) is 0 Å². The van der Waals surface area contributed by atoms with Crippen LogP contribution in [-0.2, 0) is 4.79 Å². The highest BCUT2D eigenvalue weighted by Gasteiger charge is 2.33. The van der Waals surface area contributed by atoms with Crippen LogP contribution in [0, 0.1) is 5.41 Å². The summed E-state index contributed by atoms with van der Waals surface area (Å²) >= 11 is 0. The van der Waals surface area contributed by atoms with Crippen molar-refractivity contribution in [2.45, 2.75) is 20.3 Å². The van der Waals surface area contributed by atoms with Gasteiger partial charge in [0.15, 0.2) is 0 Å². The topological polar surface area (TPSA) is 40.5 Å². The van der Waals surface area contributed by atoms with Crippen LogP contribution >= 0.6 is 0 Å². The highest BCUT2D eigenvalue weighted by Crippen LogP contribution is 2.28. The Morgan fingerprint density at radius 2 is 2.09 bits per heavy atom. The van der Waals surface area contributed by atoms with Crippen LogP contribution in [-0.4, -0.2) is 35.6 Å². The van der Waals surface area contributed by atoms with E-state index in [9.17, 15) is 4.79 Å². The summed E-state index contributed by atoms with van der Waals surface area (Å²) in [6.07, 6.45) is 0.274. The zero-order chi connectivity index (χ0) is 8.48. The molecule has 1 saturated heterocycles. The summed E-state index contributed by atoms with van der Waals surface area (Å²) in [6, 6.07) is 0. The second-order valence-electron chi connectivity index (χ2n) is 4.02. The number of nitrogens with zero attached hydrogens (tertiary/aromatic N) is 1. The second-order valence-corrected chi connectivity index (χ2v) is 4.02. The third-order valence-electron chi connectivity index (χ3n) is 1.95. The van der Waals surface area contributed by atoms with Crippen LogP contribution in [0.4, 0.5) is 0 Å². The third-order valence-corrected chi connectivity index (χ3v) is 1.95. The number of hydrogen-bond donors (Lipinski definition) is 1. The molecule has 0 amide bonds. The van der Waals surface area contributed by atoms with E-state index >= 15 is 0 Å². The molecule has 1 heterocycles. The van der Waals surface area contributed by atoms with Crippen molar-refractivity contribution in [1.29, 1.82) is 0 Å². The van der Waals surface area contributed by atoms with E-state index in [0.29, 0.717) is 12.0 Å². The Hall–Kier alpha value is -0.570. The quantitative estimate of drug-likeness (QED) is 0.658. The molecule has 1 aliphatic rings. The molecule has 1 rings (SSSR count). The van der Waals surface area contributed by atoms with Gasteiger partial charge in [-0.2, -0.15) is 0 Å². The summed E-state index contributed by atoms with van der Waals surface area (Å²) in [4.78, 5) is 12.4. The lowest BCUT2D eigenvalue weighted by atomic mass is 9.84. The van der Waals surface area contributed by atoms with Gasteiger partial charge in [-0.1, -0.05) is 13.8 Å². The SMILES string of the molecule is CC1(C)CN(CCC(=O)O)C1. The first kappa shape index (κ1) is 8.53. The maximum atomic E-state index is 10.2. The lowest BCUT2D eigenvalue weighted by Crippen LogP contribution is -2.53. The van der Waals surface area contributed by atoms with Gasteiger partial charge in [-0.15, -0.1) is 0 Å². The van der Waals surface area contributed by atoms with E-state index in [1.54, 1.807) is 0 Å². The van der Waals surface area contributed by atoms with Crippen molar-refractivity contribution < 1.29 is 9.90 Å². The number of likely N-dealkylation sites (tertiary alicyclic amines) is 1. The molecule has 3 nitrogen and oxygen atoms in total. The van der Waals surface area contributed by atoms with Crippen molar-refractivity contribution in [3.8, 4) is 0 Å². The molecule has 0 unspecified atom stereocenters. The molecule has 1 fully saturated rings. The van der Waals surface area contributed by atoms with Gasteiger partial charge in [0, 0.05) is 19.6 Å². The van der Waals surface area contributed by atoms with E-state index in [1.807, 2.05) is 0 Å². The first-order valence-corrected chi connectivity index (χ1v) is 3.94. The molecule has 0 spiro atoms. The fraction of sp³-hybridized carbons (Fsp3) is 0.875. The molecule has 0 atom stereocenters. The molecule has 1 aliphatic heterocycles. The number of hydrogen-bond acceptors (Lipinski definition) is 2. The summed E-state index contributed by atoms with van der Waals surface area (Å²) < 4.78 is 0. The molecule has 0 aromatic heterocycles. The minimum atomic E-state index is -0.699. The number of rotatable bonds is 3. The predicted octanol–water partition coefficient (Wildman–Crippen LogP) is 0.803. The van der Waals surface area contributed by atoms with Gasteiger partial charge in [0.05, 0.1) is 6.42 Å². The molecule has 11 heavy (non-hydrogen) atoms. The largest absolute Gasteiger partial charge is 0.481 e. The average molecular weight is 157 g/mol. The predicted molar refractivity (Wildman–Crippen MR) is 42.5 cm³/mol. The van der Waals surface area contributed by atoms with E-state index in [4.69, 9.17) is 5.11 Å². The Morgan fingerprint density at radius 1 is 1.55 bits per heavy atom. The monoisotopic (exact) mass is 157 g/mol. The lowest BCUT2D eigenvalue weighted by molar-refractivity contribution is -0.138. The second kappa shape index (κ2) is 2.81. The van der Waals surface area contributed by atoms with Crippen molar-refractivity contribution in [3.05, 3.63) is 0 Å². The molecule has 0 aromatic rings. The zero-order valence-corrected chi connectivity index (χ0v) is 7.13. The van der Waals surface area contributed by atoms with E-state index in [1.165, 1.54) is 0 Å². The average Bonchev–Trinajstić information content (AvgIpc) is 1.78. The van der Waals surface area contributed by atoms with E-state index in [-0.39, 0.29) is 6.42 Å². The van der Waals surface area contributed by atoms with Crippen molar-refractivity contribution in [2.24, 2.45) is 5.41 Å². The van der Waals surface area contributed by atoms with Gasteiger partial charge in [-0.3, -0.25) is 4.79 Å². The molecular weight excluding hydrogens is 142 g/mol. The van der Waals surface area contributed by atoms with Crippen molar-refractivity contribution in [3.63, 3.8) is 0 Å². The highest BCUT2D eigenvalue weighted by atomic mass is 16.4. The standard InChI is InChI=1S/C8H15NO2/c1-8(2)5-9(6-8)4-3-7(10)11/h3-6H2,1-2H3,(H,10,11). The lowest BCUT2D eigenvalue weighted by Gasteiger charge is -2.45. The van der Waals surface area contributed by atoms with Gasteiger partial charge in [-0.05, 0) is 5.41 Å². The number of carbonyl (C=O) groups is 1. The van der Waals surface area contributed by atoms with Gasteiger partial charge in [0.2, 0.25) is 0 Å². The fourth-order valence-electron chi connectivity index (χ4n) is 1.58. The zero-order valence-electron chi connectivity index (χ0n) is 7.13. The molecule has 0 bridgehead atoms. The van der Waals surface area contributed by atoms with Gasteiger partial charge in [0.25, 0.3) is 0 Å². The fourth-order valence-corrected chi connectivity index (χ4v) is 1.58. The smallest absolute Gasteiger partial charge is 0.304 e. The van der Waals surface area contributed by atoms with E-state index < -0.39 is 5.97 Å². The first-order chi connectivity index (χ1) is 4.99. The van der Waals surface area contributed by atoms with Crippen LogP contribution in [0.15, 0.2) is 0 Å². The van der Waals surface area contributed by atoms with Crippen molar-refractivity contribution in [2.75, 3.05) is 19.6 Å². The highest BCUT2D eigenvalue weighted by molar-refractivity contribution is 5.66. The summed E-state index contributed by atoms with van der Waals surface area (Å²) in [5.41, 5.74) is 0.415. The van der Waals surface area contributed by atoms with Crippen LogP contribution in [0.25, 0.3) is 0 Å². The molecule has 0 radical (unpaired) electrons. The molecule has 0 aromatic carbocycles. The minimum absolute atomic E-state index is 0.274. The Labute approximate surface area is 67.0 Å². The van der Waals surface area contributed by atoms with Gasteiger partial charge in [-0.25, -0.2) is 0 Å². The van der Waals surface area contributed by atoms with Crippen molar-refractivity contribution in [1.82, 2.24) is 4.90 Å². The summed E-state index contributed by atoms with van der Waals surface area (Å²) in [7, 11) is 0. The molecule has 64 valence electrons. The molecule has 0 aliphatic carbocycles. The van der Waals surface area contributed by atoms with Crippen LogP contribution in [0.2, 0.25) is 0 Å². The number of carboxylic acid groups (broad SMARTS) is 1. The van der Waals surface area contributed by atoms with Crippen LogP contribution < -0.4 is 0 Å². The number of aliphatic carboxylic acids is 1. The third kappa shape index (κ3) is 2.50. The van der Waals surface area contributed by atoms with Crippen LogP contribution in [0.5, 0.6) is 0 Å². The Balaban J connectivity index is 2.09. The summed E-state index contributed by atoms with van der Waals surface area (Å²) in [5.74, 6) is -0.699. The molecule has 1 N–H and O–H groups in total. The van der Waals surface area contributed by atoms with Gasteiger partial charge >= 0.3 is 5.97 Å². The first-order valence-electron chi connectivity index (χ1n) is 3.94. The Morgan fingerprint density at radius 3 is 2.45 bits per heavy atom. The maximum absolute atomic E-state index is 10.2. The minimum Gasteiger partial charge on any atom is -0.481 e. The molecule has 3 heteroatoms.